The topological polar surface area (TPSA) is 80.9 Å². The first-order chi connectivity index (χ1) is 38.9. The van der Waals surface area contributed by atoms with E-state index in [-0.39, 0.29) is 53.9 Å². The zero-order chi connectivity index (χ0) is 62.3. The first-order valence-electron chi connectivity index (χ1n) is 32.4. The van der Waals surface area contributed by atoms with Crippen molar-refractivity contribution in [2.75, 3.05) is 0 Å². The molecular weight excluding hydrogens is 1060 g/mol. The smallest absolute Gasteiger partial charge is 0.201 e. The average molecular weight is 1170 g/mol. The quantitative estimate of drug-likeness (QED) is 0.0646. The van der Waals surface area contributed by atoms with Crippen LogP contribution in [0.2, 0.25) is 0 Å². The molecule has 0 radical (unpaired) electrons. The van der Waals surface area contributed by atoms with Crippen molar-refractivity contribution < 1.29 is 19.6 Å². The molecule has 0 saturated carbocycles. The van der Waals surface area contributed by atoms with Gasteiger partial charge in [0, 0.05) is 16.4 Å². The molecule has 0 spiro atoms. The SMILES string of the molecule is CCC(C)(C)c1cc2c(c(C(C)(C)CC)c1)-c1c3c(c4c(c1-c1c(cc(C(C)(C)CC)cc1C(C)(C)CC)C2)-c1c(cc(C(C)(C)CC)cc1C(C)(C)CC)Cc1cc(C(C)(C)CC)cc(C(C)(C)CC)c1-4)-c1c-3ccc(P(O)O)c1P(O)O. The Labute approximate surface area is 512 Å². The maximum atomic E-state index is 12.1. The van der Waals surface area contributed by atoms with E-state index in [0.29, 0.717) is 0 Å². The molecule has 0 amide bonds. The second kappa shape index (κ2) is 22.0. The number of fused-ring (bicyclic) bond motifs is 17. The lowest BCUT2D eigenvalue weighted by Gasteiger charge is -2.41. The van der Waals surface area contributed by atoms with Crippen LogP contribution in [-0.4, -0.2) is 19.6 Å². The molecule has 4 N–H and O–H groups in total. The maximum absolute atomic E-state index is 12.1. The predicted octanol–water partition coefficient (Wildman–Crippen LogP) is 21.2. The van der Waals surface area contributed by atoms with Crippen LogP contribution in [0.1, 0.15) is 284 Å². The molecule has 0 heterocycles. The molecule has 0 unspecified atom stereocenters. The molecule has 3 aliphatic rings. The van der Waals surface area contributed by atoms with Gasteiger partial charge in [-0.25, -0.2) is 0 Å². The molecule has 0 aromatic heterocycles. The van der Waals surface area contributed by atoms with Gasteiger partial charge in [-0.15, -0.1) is 0 Å². The number of hydrogen-bond acceptors (Lipinski definition) is 4. The molecule has 0 bridgehead atoms. The third-order valence-corrected chi connectivity index (χ3v) is 25.2. The zero-order valence-electron chi connectivity index (χ0n) is 56.5. The summed E-state index contributed by atoms with van der Waals surface area (Å²) in [5.41, 5.74) is 28.7. The van der Waals surface area contributed by atoms with Crippen LogP contribution >= 0.6 is 16.8 Å². The summed E-state index contributed by atoms with van der Waals surface area (Å²) >= 11 is 0. The van der Waals surface area contributed by atoms with Gasteiger partial charge in [0.25, 0.3) is 0 Å². The highest BCUT2D eigenvalue weighted by atomic mass is 31.2. The van der Waals surface area contributed by atoms with Crippen molar-refractivity contribution in [2.24, 2.45) is 0 Å². The fourth-order valence-corrected chi connectivity index (χ4v) is 15.6. The van der Waals surface area contributed by atoms with Crippen LogP contribution in [0.3, 0.4) is 0 Å². The summed E-state index contributed by atoms with van der Waals surface area (Å²) in [6.07, 6.45) is 9.15. The van der Waals surface area contributed by atoms with E-state index >= 15 is 0 Å². The minimum absolute atomic E-state index is 0.0971. The van der Waals surface area contributed by atoms with Crippen molar-refractivity contribution >= 4 is 27.4 Å². The molecule has 452 valence electrons. The molecule has 84 heavy (non-hydrogen) atoms. The summed E-state index contributed by atoms with van der Waals surface area (Å²) in [4.78, 5) is 47.1. The molecular formula is C78H106O4P2. The lowest BCUT2D eigenvalue weighted by molar-refractivity contribution is 0.488. The Balaban J connectivity index is 1.78. The van der Waals surface area contributed by atoms with Gasteiger partial charge in [-0.2, -0.15) is 0 Å². The predicted molar refractivity (Wildman–Crippen MR) is 367 cm³/mol. The van der Waals surface area contributed by atoms with Gasteiger partial charge < -0.3 is 19.6 Å². The fraction of sp³-hybridized carbons (Fsp3) is 0.538. The summed E-state index contributed by atoms with van der Waals surface area (Å²) < 4.78 is 0. The molecule has 0 atom stereocenters. The Morgan fingerprint density at radius 1 is 0.286 bits per heavy atom. The third kappa shape index (κ3) is 10.2. The van der Waals surface area contributed by atoms with Crippen molar-refractivity contribution in [3.05, 3.63) is 127 Å². The first kappa shape index (κ1) is 64.5. The Kier molecular flexibility index (Phi) is 16.9. The third-order valence-electron chi connectivity index (χ3n) is 23.3. The van der Waals surface area contributed by atoms with E-state index in [4.69, 9.17) is 0 Å². The summed E-state index contributed by atoms with van der Waals surface area (Å²) in [5.74, 6) is 0. The lowest BCUT2D eigenvalue weighted by Crippen LogP contribution is -2.29. The van der Waals surface area contributed by atoms with Crippen LogP contribution in [0.4, 0.5) is 0 Å². The highest BCUT2D eigenvalue weighted by Gasteiger charge is 2.48. The van der Waals surface area contributed by atoms with Crippen LogP contribution in [0, 0.1) is 0 Å². The van der Waals surface area contributed by atoms with E-state index in [1.165, 1.54) is 106 Å². The molecule has 6 heteroatoms. The van der Waals surface area contributed by atoms with E-state index in [2.05, 4.69) is 221 Å². The average Bonchev–Trinajstić information content (AvgIpc) is 1.16. The first-order valence-corrected chi connectivity index (χ1v) is 34.9. The largest absolute Gasteiger partial charge is 0.347 e. The molecule has 9 rings (SSSR count). The summed E-state index contributed by atoms with van der Waals surface area (Å²) in [6, 6.07) is 24.7. The van der Waals surface area contributed by atoms with Crippen LogP contribution in [-0.2, 0) is 56.2 Å². The summed E-state index contributed by atoms with van der Waals surface area (Å²) in [5, 5.41) is 0.469. The second-order valence-electron chi connectivity index (χ2n) is 31.2. The molecule has 6 aromatic rings. The molecule has 0 fully saturated rings. The van der Waals surface area contributed by atoms with Crippen molar-refractivity contribution in [3.8, 4) is 66.8 Å². The molecule has 3 aliphatic carbocycles. The van der Waals surface area contributed by atoms with E-state index in [9.17, 15) is 19.6 Å². The Morgan fingerprint density at radius 3 is 0.750 bits per heavy atom. The van der Waals surface area contributed by atoms with Gasteiger partial charge in [-0.3, -0.25) is 0 Å². The van der Waals surface area contributed by atoms with E-state index in [0.717, 1.165) is 92.0 Å². The zero-order valence-corrected chi connectivity index (χ0v) is 58.3. The molecule has 6 aromatic carbocycles. The van der Waals surface area contributed by atoms with Crippen molar-refractivity contribution in [3.63, 3.8) is 0 Å². The maximum Gasteiger partial charge on any atom is 0.201 e. The molecule has 4 nitrogen and oxygen atoms in total. The van der Waals surface area contributed by atoms with Gasteiger partial charge in [-0.1, -0.05) is 221 Å². The summed E-state index contributed by atoms with van der Waals surface area (Å²) in [7, 11) is -5.50. The number of rotatable bonds is 18. The second-order valence-corrected chi connectivity index (χ2v) is 33.3. The van der Waals surface area contributed by atoms with Gasteiger partial charge in [-0.05, 0) is 236 Å². The molecule has 0 aliphatic heterocycles. The van der Waals surface area contributed by atoms with Gasteiger partial charge in [0.05, 0.1) is 5.30 Å². The molecule has 0 saturated heterocycles. The standard InChI is InChI=1S/C78H106O4P2/c1-25-71(9,10)49-37-45-35-46-38-50(72(11,12)26-2)42-55(76(19,20)30-6)60(46)66-65(59(45)54(41-49)75(17,18)29-5)63-53-33-34-58(83(79)80)70(84(81)82)64(53)69(63)68-62-48(40-52(74(15,16)28-4)44-57(62)78(23,24)32-8)36-47-39-51(73(13,14)27-3)43-56(61(47)67(66)68)77(21,22)31-7/h33-34,37-44,79-82H,25-32,35-36H2,1-24H3. The van der Waals surface area contributed by atoms with Crippen molar-refractivity contribution in [1.29, 1.82) is 0 Å². The normalized spacial score (nSPS) is 14.5. The fourth-order valence-electron chi connectivity index (χ4n) is 13.8. The van der Waals surface area contributed by atoms with E-state index in [1.807, 2.05) is 0 Å². The monoisotopic (exact) mass is 1170 g/mol. The highest BCUT2D eigenvalue weighted by Crippen LogP contribution is 2.69. The lowest BCUT2D eigenvalue weighted by atomic mass is 9.62. The van der Waals surface area contributed by atoms with Crippen LogP contribution in [0.5, 0.6) is 0 Å². The van der Waals surface area contributed by atoms with E-state index < -0.39 is 16.8 Å². The van der Waals surface area contributed by atoms with Crippen LogP contribution in [0.25, 0.3) is 66.8 Å². The van der Waals surface area contributed by atoms with Crippen molar-refractivity contribution in [1.82, 2.24) is 0 Å². The van der Waals surface area contributed by atoms with Gasteiger partial charge in [0.1, 0.15) is 0 Å². The van der Waals surface area contributed by atoms with Gasteiger partial charge >= 0.3 is 0 Å². The Bertz CT molecular complexity index is 3610. The highest BCUT2D eigenvalue weighted by molar-refractivity contribution is 7.61. The Morgan fingerprint density at radius 2 is 0.524 bits per heavy atom. The van der Waals surface area contributed by atoms with Crippen molar-refractivity contribution in [2.45, 2.75) is 274 Å². The minimum atomic E-state index is -2.80. The van der Waals surface area contributed by atoms with E-state index in [1.54, 1.807) is 6.07 Å². The van der Waals surface area contributed by atoms with Crippen LogP contribution < -0.4 is 10.6 Å². The number of hydrogen-bond donors (Lipinski definition) is 4. The minimum Gasteiger partial charge on any atom is -0.347 e. The Hall–Kier alpha value is -3.98. The van der Waals surface area contributed by atoms with Gasteiger partial charge in [0.2, 0.25) is 8.38 Å². The van der Waals surface area contributed by atoms with Gasteiger partial charge in [0.15, 0.2) is 8.38 Å². The number of benzene rings is 6. The summed E-state index contributed by atoms with van der Waals surface area (Å²) in [6.45, 7) is 57.9. The van der Waals surface area contributed by atoms with Crippen LogP contribution in [0.15, 0.2) is 60.7 Å².